The Kier molecular flexibility index (Phi) is 6.43. The van der Waals surface area contributed by atoms with Crippen molar-refractivity contribution >= 4 is 27.0 Å². The molecule has 164 valence electrons. The Morgan fingerprint density at radius 2 is 1.90 bits per heavy atom. The summed E-state index contributed by atoms with van der Waals surface area (Å²) in [5, 5.41) is 3.13. The van der Waals surface area contributed by atoms with Crippen LogP contribution in [0.4, 0.5) is 0 Å². The van der Waals surface area contributed by atoms with E-state index in [0.29, 0.717) is 42.4 Å². The zero-order valence-corrected chi connectivity index (χ0v) is 18.6. The Morgan fingerprint density at radius 1 is 1.17 bits per heavy atom. The molecule has 2 heterocycles. The van der Waals surface area contributed by atoms with Crippen molar-refractivity contribution in [2.75, 3.05) is 13.1 Å². The number of fused-ring (bicyclic) bond motifs is 1. The molecule has 1 amide bonds. The number of carbonyl (C=O) groups is 1. The van der Waals surface area contributed by atoms with E-state index in [1.54, 1.807) is 16.4 Å². The van der Waals surface area contributed by atoms with Gasteiger partial charge in [0.15, 0.2) is 0 Å². The summed E-state index contributed by atoms with van der Waals surface area (Å²) in [6, 6.07) is 5.58. The summed E-state index contributed by atoms with van der Waals surface area (Å²) in [6.07, 6.45) is 8.28. The number of aryl methyl sites for hydroxylation is 2. The molecule has 2 aromatic rings. The number of benzene rings is 1. The van der Waals surface area contributed by atoms with Crippen molar-refractivity contribution in [3.05, 3.63) is 24.0 Å². The maximum Gasteiger partial charge on any atom is 0.243 e. The van der Waals surface area contributed by atoms with Gasteiger partial charge in [-0.3, -0.25) is 4.79 Å². The van der Waals surface area contributed by atoms with E-state index in [4.69, 9.17) is 4.98 Å². The van der Waals surface area contributed by atoms with Crippen molar-refractivity contribution in [2.45, 2.75) is 82.2 Å². The molecule has 1 aromatic heterocycles. The van der Waals surface area contributed by atoms with Crippen molar-refractivity contribution < 1.29 is 13.2 Å². The molecular formula is C22H32N4O3S. The van der Waals surface area contributed by atoms with E-state index in [9.17, 15) is 13.2 Å². The van der Waals surface area contributed by atoms with Gasteiger partial charge in [0.25, 0.3) is 0 Å². The fourth-order valence-electron chi connectivity index (χ4n) is 4.66. The molecule has 1 aromatic carbocycles. The minimum Gasteiger partial charge on any atom is -0.353 e. The second-order valence-electron chi connectivity index (χ2n) is 8.49. The lowest BCUT2D eigenvalue weighted by Crippen LogP contribution is -2.32. The highest BCUT2D eigenvalue weighted by Crippen LogP contribution is 2.26. The maximum atomic E-state index is 12.9. The van der Waals surface area contributed by atoms with Gasteiger partial charge >= 0.3 is 0 Å². The number of hydrogen-bond donors (Lipinski definition) is 1. The van der Waals surface area contributed by atoms with Crippen LogP contribution in [0.1, 0.15) is 64.1 Å². The smallest absolute Gasteiger partial charge is 0.243 e. The van der Waals surface area contributed by atoms with Gasteiger partial charge in [0.1, 0.15) is 5.82 Å². The molecule has 7 nitrogen and oxygen atoms in total. The molecule has 2 aliphatic rings. The molecule has 8 heteroatoms. The number of sulfonamides is 1. The van der Waals surface area contributed by atoms with Crippen molar-refractivity contribution in [2.24, 2.45) is 0 Å². The maximum absolute atomic E-state index is 12.9. The summed E-state index contributed by atoms with van der Waals surface area (Å²) in [4.78, 5) is 17.4. The van der Waals surface area contributed by atoms with Gasteiger partial charge < -0.3 is 9.88 Å². The zero-order chi connectivity index (χ0) is 21.1. The molecular weight excluding hydrogens is 400 g/mol. The number of imidazole rings is 1. The van der Waals surface area contributed by atoms with E-state index in [2.05, 4.69) is 16.8 Å². The topological polar surface area (TPSA) is 84.3 Å². The van der Waals surface area contributed by atoms with Crippen LogP contribution in [0.15, 0.2) is 23.1 Å². The second-order valence-corrected chi connectivity index (χ2v) is 10.4. The van der Waals surface area contributed by atoms with Gasteiger partial charge in [-0.05, 0) is 50.3 Å². The highest BCUT2D eigenvalue weighted by molar-refractivity contribution is 7.89. The zero-order valence-electron chi connectivity index (χ0n) is 17.8. The summed E-state index contributed by atoms with van der Waals surface area (Å²) in [5.74, 6) is 0.929. The normalized spacial score (nSPS) is 18.4. The first-order chi connectivity index (χ1) is 14.5. The highest BCUT2D eigenvalue weighted by atomic mass is 32.2. The van der Waals surface area contributed by atoms with Gasteiger partial charge in [-0.15, -0.1) is 0 Å². The molecule has 0 unspecified atom stereocenters. The van der Waals surface area contributed by atoms with Crippen LogP contribution in [0.5, 0.6) is 0 Å². The van der Waals surface area contributed by atoms with E-state index in [0.717, 1.165) is 50.0 Å². The van der Waals surface area contributed by atoms with Crippen molar-refractivity contribution in [3.8, 4) is 0 Å². The Balaban J connectivity index is 1.55. The van der Waals surface area contributed by atoms with Gasteiger partial charge in [-0.1, -0.05) is 19.8 Å². The van der Waals surface area contributed by atoms with Gasteiger partial charge in [-0.25, -0.2) is 13.4 Å². The molecule has 0 atom stereocenters. The monoisotopic (exact) mass is 432 g/mol. The molecule has 2 fully saturated rings. The molecule has 30 heavy (non-hydrogen) atoms. The lowest BCUT2D eigenvalue weighted by Gasteiger charge is -2.15. The Bertz CT molecular complexity index is 1000. The molecule has 0 spiro atoms. The molecule has 0 radical (unpaired) electrons. The number of rotatable bonds is 8. The van der Waals surface area contributed by atoms with Gasteiger partial charge in [0, 0.05) is 38.5 Å². The molecule has 1 saturated carbocycles. The number of aromatic nitrogens is 2. The minimum atomic E-state index is -3.47. The Labute approximate surface area is 178 Å². The van der Waals surface area contributed by atoms with Crippen LogP contribution in [0.25, 0.3) is 11.0 Å². The molecule has 4 rings (SSSR count). The van der Waals surface area contributed by atoms with Crippen molar-refractivity contribution in [1.82, 2.24) is 19.2 Å². The number of nitrogens with one attached hydrogen (secondary N) is 1. The van der Waals surface area contributed by atoms with Crippen molar-refractivity contribution in [3.63, 3.8) is 0 Å². The van der Waals surface area contributed by atoms with Crippen LogP contribution in [0, 0.1) is 0 Å². The van der Waals surface area contributed by atoms with Gasteiger partial charge in [0.2, 0.25) is 15.9 Å². The molecule has 1 aliphatic heterocycles. The van der Waals surface area contributed by atoms with Crippen LogP contribution >= 0.6 is 0 Å². The number of nitrogens with zero attached hydrogens (tertiary/aromatic N) is 3. The highest BCUT2D eigenvalue weighted by Gasteiger charge is 2.28. The van der Waals surface area contributed by atoms with E-state index in [1.165, 1.54) is 12.8 Å². The summed E-state index contributed by atoms with van der Waals surface area (Å²) in [5.41, 5.74) is 1.62. The average molecular weight is 433 g/mol. The third-order valence-corrected chi connectivity index (χ3v) is 8.14. The number of carbonyl (C=O) groups excluding carboxylic acids is 1. The van der Waals surface area contributed by atoms with Crippen molar-refractivity contribution in [1.29, 1.82) is 0 Å². The summed E-state index contributed by atoms with van der Waals surface area (Å²) in [7, 11) is -3.47. The molecule has 1 aliphatic carbocycles. The first kappa shape index (κ1) is 21.3. The fourth-order valence-corrected chi connectivity index (χ4v) is 6.19. The summed E-state index contributed by atoms with van der Waals surface area (Å²) in [6.45, 7) is 4.08. The fraction of sp³-hybridized carbons (Fsp3) is 0.636. The lowest BCUT2D eigenvalue weighted by atomic mass is 10.2. The quantitative estimate of drug-likeness (QED) is 0.694. The number of amides is 1. The minimum absolute atomic E-state index is 0.0781. The summed E-state index contributed by atoms with van der Waals surface area (Å²) < 4.78 is 29.5. The van der Waals surface area contributed by atoms with E-state index in [1.807, 2.05) is 6.07 Å². The SMILES string of the molecule is CCCn1c(CCC(=O)NC2CCCC2)nc2cc(S(=O)(=O)N3CCCC3)ccc21. The largest absolute Gasteiger partial charge is 0.353 e. The molecule has 1 N–H and O–H groups in total. The van der Waals surface area contributed by atoms with Gasteiger partial charge in [0.05, 0.1) is 15.9 Å². The van der Waals surface area contributed by atoms with Crippen LogP contribution in [0.3, 0.4) is 0 Å². The number of hydrogen-bond acceptors (Lipinski definition) is 4. The lowest BCUT2D eigenvalue weighted by molar-refractivity contribution is -0.121. The third kappa shape index (κ3) is 4.39. The molecule has 0 bridgehead atoms. The predicted octanol–water partition coefficient (Wildman–Crippen LogP) is 3.22. The first-order valence-electron chi connectivity index (χ1n) is 11.3. The van der Waals surface area contributed by atoms with Gasteiger partial charge in [-0.2, -0.15) is 4.31 Å². The van der Waals surface area contributed by atoms with E-state index in [-0.39, 0.29) is 5.91 Å². The van der Waals surface area contributed by atoms with Crippen LogP contribution in [-0.4, -0.2) is 47.3 Å². The predicted molar refractivity (Wildman–Crippen MR) is 117 cm³/mol. The van der Waals surface area contributed by atoms with Crippen LogP contribution in [0.2, 0.25) is 0 Å². The first-order valence-corrected chi connectivity index (χ1v) is 12.7. The summed E-state index contributed by atoms with van der Waals surface area (Å²) >= 11 is 0. The van der Waals surface area contributed by atoms with Crippen LogP contribution in [-0.2, 0) is 27.8 Å². The van der Waals surface area contributed by atoms with Crippen LogP contribution < -0.4 is 5.32 Å². The Morgan fingerprint density at radius 3 is 2.60 bits per heavy atom. The standard InChI is InChI=1S/C22H32N4O3S/c1-2-13-26-20-10-9-18(30(28,29)25-14-5-6-15-25)16-19(20)24-21(26)11-12-22(27)23-17-7-3-4-8-17/h9-10,16-17H,2-8,11-15H2,1H3,(H,23,27). The Hall–Kier alpha value is -1.93. The molecule has 1 saturated heterocycles. The van der Waals surface area contributed by atoms with E-state index < -0.39 is 10.0 Å². The average Bonchev–Trinajstić information content (AvgIpc) is 3.48. The third-order valence-electron chi connectivity index (χ3n) is 6.24. The second kappa shape index (κ2) is 9.06. The van der Waals surface area contributed by atoms with E-state index >= 15 is 0 Å².